The molecule has 0 saturated carbocycles. The second kappa shape index (κ2) is 38.3. The Kier molecular flexibility index (Phi) is 36.1. The van der Waals surface area contributed by atoms with Crippen LogP contribution in [0.25, 0.3) is 0 Å². The molecule has 1 heterocycles. The van der Waals surface area contributed by atoms with Gasteiger partial charge >= 0.3 is 0 Å². The summed E-state index contributed by atoms with van der Waals surface area (Å²) in [5.41, 5.74) is 0. The lowest BCUT2D eigenvalue weighted by Crippen LogP contribution is -2.60. The zero-order valence-electron chi connectivity index (χ0n) is 37.5. The minimum Gasteiger partial charge on any atom is -0.394 e. The van der Waals surface area contributed by atoms with Gasteiger partial charge in [-0.3, -0.25) is 4.79 Å². The predicted octanol–water partition coefficient (Wildman–Crippen LogP) is 8.23. The van der Waals surface area contributed by atoms with E-state index in [-0.39, 0.29) is 12.8 Å². The van der Waals surface area contributed by atoms with Gasteiger partial charge in [-0.15, -0.1) is 0 Å². The predicted molar refractivity (Wildman–Crippen MR) is 238 cm³/mol. The van der Waals surface area contributed by atoms with Gasteiger partial charge in [-0.05, 0) is 64.2 Å². The van der Waals surface area contributed by atoms with Crippen molar-refractivity contribution in [1.29, 1.82) is 0 Å². The lowest BCUT2D eigenvalue weighted by Gasteiger charge is -2.40. The van der Waals surface area contributed by atoms with Crippen molar-refractivity contribution < 1.29 is 50.0 Å². The van der Waals surface area contributed by atoms with Gasteiger partial charge in [-0.1, -0.05) is 167 Å². The van der Waals surface area contributed by atoms with E-state index in [0.29, 0.717) is 12.8 Å². The molecule has 1 rings (SSSR count). The summed E-state index contributed by atoms with van der Waals surface area (Å²) >= 11 is 0. The van der Waals surface area contributed by atoms with Crippen molar-refractivity contribution in [2.75, 3.05) is 13.2 Å². The standard InChI is InChI=1S/C48H91NO10/c1-3-5-7-9-11-13-15-17-19-20-21-22-24-26-28-30-32-34-36-41(52)47(57)49-39(38-58-48-46(56)45(55)44(54)42(37-50)59-48)43(53)40(51)35-33-31-29-27-25-23-18-16-14-12-10-8-6-4-2/h20-21,27,29,39-46,48,50-56H,3-19,22-26,28,30-38H2,1-2H3,(H,49,57)/b21-20-,29-27+. The van der Waals surface area contributed by atoms with E-state index >= 15 is 0 Å². The summed E-state index contributed by atoms with van der Waals surface area (Å²) in [6.45, 7) is 3.42. The highest BCUT2D eigenvalue weighted by Crippen LogP contribution is 2.23. The number of aliphatic hydroxyl groups excluding tert-OH is 7. The first-order chi connectivity index (χ1) is 28.7. The number of hydrogen-bond acceptors (Lipinski definition) is 10. The van der Waals surface area contributed by atoms with Crippen LogP contribution < -0.4 is 5.32 Å². The third kappa shape index (κ3) is 28.0. The molecular weight excluding hydrogens is 751 g/mol. The molecule has 8 N–H and O–H groups in total. The van der Waals surface area contributed by atoms with E-state index in [1.807, 2.05) is 0 Å². The number of aliphatic hydroxyl groups is 7. The third-order valence-corrected chi connectivity index (χ3v) is 11.7. The Hall–Kier alpha value is -1.41. The molecule has 0 aromatic heterocycles. The molecule has 1 aliphatic heterocycles. The molecule has 0 aromatic rings. The summed E-state index contributed by atoms with van der Waals surface area (Å²) in [5, 5.41) is 75.7. The number of ether oxygens (including phenoxy) is 2. The molecule has 348 valence electrons. The Morgan fingerprint density at radius 3 is 1.46 bits per heavy atom. The smallest absolute Gasteiger partial charge is 0.249 e. The van der Waals surface area contributed by atoms with Crippen molar-refractivity contribution in [2.45, 2.75) is 262 Å². The maximum atomic E-state index is 13.1. The molecule has 59 heavy (non-hydrogen) atoms. The van der Waals surface area contributed by atoms with Crippen LogP contribution in [0, 0.1) is 0 Å². The van der Waals surface area contributed by atoms with E-state index in [4.69, 9.17) is 9.47 Å². The fourth-order valence-corrected chi connectivity index (χ4v) is 7.67. The normalized spacial score (nSPS) is 21.9. The number of carbonyl (C=O) groups excluding carboxylic acids is 1. The summed E-state index contributed by atoms with van der Waals surface area (Å²) in [6.07, 6.45) is 30.8. The van der Waals surface area contributed by atoms with E-state index in [9.17, 15) is 40.5 Å². The van der Waals surface area contributed by atoms with Crippen LogP contribution in [0.15, 0.2) is 24.3 Å². The van der Waals surface area contributed by atoms with E-state index in [1.165, 1.54) is 109 Å². The largest absolute Gasteiger partial charge is 0.394 e. The highest BCUT2D eigenvalue weighted by atomic mass is 16.7. The second-order valence-electron chi connectivity index (χ2n) is 17.2. The van der Waals surface area contributed by atoms with Gasteiger partial charge in [0, 0.05) is 0 Å². The number of nitrogens with one attached hydrogen (secondary N) is 1. The van der Waals surface area contributed by atoms with Gasteiger partial charge in [0.15, 0.2) is 6.29 Å². The molecule has 0 radical (unpaired) electrons. The van der Waals surface area contributed by atoms with Crippen molar-refractivity contribution in [3.8, 4) is 0 Å². The topological polar surface area (TPSA) is 189 Å². The van der Waals surface area contributed by atoms with Gasteiger partial charge in [0.2, 0.25) is 5.91 Å². The van der Waals surface area contributed by atoms with Gasteiger partial charge in [0.05, 0.1) is 25.4 Å². The Balaban J connectivity index is 2.45. The molecule has 0 spiro atoms. The fourth-order valence-electron chi connectivity index (χ4n) is 7.67. The zero-order chi connectivity index (χ0) is 43.4. The van der Waals surface area contributed by atoms with Crippen molar-refractivity contribution in [2.24, 2.45) is 0 Å². The first-order valence-electron chi connectivity index (χ1n) is 24.2. The maximum absolute atomic E-state index is 13.1. The first kappa shape index (κ1) is 55.6. The van der Waals surface area contributed by atoms with Gasteiger partial charge in [0.1, 0.15) is 36.6 Å². The van der Waals surface area contributed by atoms with Crippen LogP contribution >= 0.6 is 0 Å². The quantitative estimate of drug-likeness (QED) is 0.0221. The summed E-state index contributed by atoms with van der Waals surface area (Å²) in [5.74, 6) is -0.711. The minimum atomic E-state index is -1.67. The lowest BCUT2D eigenvalue weighted by molar-refractivity contribution is -0.303. The number of allylic oxidation sites excluding steroid dienone is 4. The number of unbranched alkanes of at least 4 members (excludes halogenated alkanes) is 24. The van der Waals surface area contributed by atoms with Crippen LogP contribution in [0.1, 0.15) is 206 Å². The van der Waals surface area contributed by atoms with E-state index in [0.717, 1.165) is 57.8 Å². The molecule has 1 saturated heterocycles. The first-order valence-corrected chi connectivity index (χ1v) is 24.2. The lowest BCUT2D eigenvalue weighted by atomic mass is 9.98. The van der Waals surface area contributed by atoms with Crippen LogP contribution in [0.2, 0.25) is 0 Å². The summed E-state index contributed by atoms with van der Waals surface area (Å²) in [6, 6.07) is -1.18. The minimum absolute atomic E-state index is 0.248. The summed E-state index contributed by atoms with van der Waals surface area (Å²) < 4.78 is 11.1. The average Bonchev–Trinajstić information content (AvgIpc) is 3.23. The molecule has 1 fully saturated rings. The Morgan fingerprint density at radius 2 is 1.00 bits per heavy atom. The van der Waals surface area contributed by atoms with Crippen LogP contribution in [-0.2, 0) is 14.3 Å². The molecule has 0 bridgehead atoms. The van der Waals surface area contributed by atoms with Gasteiger partial charge < -0.3 is 50.5 Å². The SMILES string of the molecule is CCCCCCCCCC/C=C\CCCCCCCCC(O)C(=O)NC(COC1OC(CO)C(O)C(O)C1O)C(O)C(O)CCC/C=C/CCCCCCCCCCC. The number of carbonyl (C=O) groups is 1. The van der Waals surface area contributed by atoms with E-state index in [2.05, 4.69) is 43.5 Å². The molecule has 0 aromatic carbocycles. The molecule has 1 aliphatic rings. The Bertz CT molecular complexity index is 1010. The van der Waals surface area contributed by atoms with E-state index < -0.39 is 74.2 Å². The molecule has 1 amide bonds. The van der Waals surface area contributed by atoms with Crippen molar-refractivity contribution in [1.82, 2.24) is 5.32 Å². The summed E-state index contributed by atoms with van der Waals surface area (Å²) in [4.78, 5) is 13.1. The van der Waals surface area contributed by atoms with E-state index in [1.54, 1.807) is 0 Å². The molecular formula is C48H91NO10. The van der Waals surface area contributed by atoms with Crippen LogP contribution in [0.5, 0.6) is 0 Å². The van der Waals surface area contributed by atoms with Crippen LogP contribution in [0.3, 0.4) is 0 Å². The monoisotopic (exact) mass is 842 g/mol. The third-order valence-electron chi connectivity index (χ3n) is 11.7. The fraction of sp³-hybridized carbons (Fsp3) is 0.896. The number of hydrogen-bond donors (Lipinski definition) is 8. The maximum Gasteiger partial charge on any atom is 0.249 e. The molecule has 11 nitrogen and oxygen atoms in total. The molecule has 9 atom stereocenters. The molecule has 0 aliphatic carbocycles. The number of amides is 1. The Morgan fingerprint density at radius 1 is 0.576 bits per heavy atom. The highest BCUT2D eigenvalue weighted by Gasteiger charge is 2.44. The van der Waals surface area contributed by atoms with Gasteiger partial charge in [0.25, 0.3) is 0 Å². The van der Waals surface area contributed by atoms with Gasteiger partial charge in [-0.2, -0.15) is 0 Å². The van der Waals surface area contributed by atoms with Crippen molar-refractivity contribution in [3.05, 3.63) is 24.3 Å². The van der Waals surface area contributed by atoms with Crippen LogP contribution in [-0.4, -0.2) is 110 Å². The molecule has 11 heteroatoms. The average molecular weight is 842 g/mol. The van der Waals surface area contributed by atoms with Crippen LogP contribution in [0.4, 0.5) is 0 Å². The van der Waals surface area contributed by atoms with Gasteiger partial charge in [-0.25, -0.2) is 0 Å². The Labute approximate surface area is 359 Å². The molecule has 9 unspecified atom stereocenters. The second-order valence-corrected chi connectivity index (χ2v) is 17.2. The van der Waals surface area contributed by atoms with Crippen molar-refractivity contribution in [3.63, 3.8) is 0 Å². The zero-order valence-corrected chi connectivity index (χ0v) is 37.5. The summed E-state index contributed by atoms with van der Waals surface area (Å²) in [7, 11) is 0. The number of rotatable bonds is 40. The van der Waals surface area contributed by atoms with Crippen molar-refractivity contribution >= 4 is 5.91 Å². The highest BCUT2D eigenvalue weighted by molar-refractivity contribution is 5.80.